The molecule has 0 radical (unpaired) electrons. The highest BCUT2D eigenvalue weighted by atomic mass is 16.8. The molecule has 1 aromatic carbocycles. The minimum Gasteiger partial charge on any atom is -0.481 e. The SMILES string of the molecule is CCOC(=O)ON1CCCN(C(=O)[C@H](CCC(=O)O)NC(=O)c2cc(OCC(=O)C(C)(C)C)n(-c3ccccc3)n2)CC1. The van der Waals surface area contributed by atoms with Gasteiger partial charge in [-0.3, -0.25) is 19.2 Å². The summed E-state index contributed by atoms with van der Waals surface area (Å²) >= 11 is 0. The molecule has 2 heterocycles. The van der Waals surface area contributed by atoms with Crippen LogP contribution >= 0.6 is 0 Å². The van der Waals surface area contributed by atoms with E-state index in [1.807, 2.05) is 6.07 Å². The Kier molecular flexibility index (Phi) is 11.6. The molecule has 14 nitrogen and oxygen atoms in total. The third kappa shape index (κ3) is 9.81. The van der Waals surface area contributed by atoms with Gasteiger partial charge in [-0.1, -0.05) is 39.0 Å². The number of ketones is 1. The van der Waals surface area contributed by atoms with Gasteiger partial charge < -0.3 is 29.6 Å². The molecule has 2 amide bonds. The van der Waals surface area contributed by atoms with E-state index < -0.39 is 35.4 Å². The van der Waals surface area contributed by atoms with E-state index in [9.17, 15) is 29.1 Å². The second-order valence-corrected chi connectivity index (χ2v) is 10.9. The van der Waals surface area contributed by atoms with Crippen molar-refractivity contribution < 1.29 is 43.4 Å². The molecule has 1 saturated heterocycles. The Morgan fingerprint density at radius 1 is 1.05 bits per heavy atom. The molecule has 0 saturated carbocycles. The Balaban J connectivity index is 1.78. The number of rotatable bonds is 12. The largest absolute Gasteiger partial charge is 0.527 e. The Morgan fingerprint density at radius 2 is 1.77 bits per heavy atom. The second-order valence-electron chi connectivity index (χ2n) is 10.9. The summed E-state index contributed by atoms with van der Waals surface area (Å²) in [4.78, 5) is 69.1. The number of hydrogen-bond donors (Lipinski definition) is 2. The number of aliphatic carboxylic acids is 1. The third-order valence-corrected chi connectivity index (χ3v) is 6.58. The van der Waals surface area contributed by atoms with Crippen LogP contribution in [0.1, 0.15) is 57.4 Å². The lowest BCUT2D eigenvalue weighted by atomic mass is 9.91. The fourth-order valence-electron chi connectivity index (χ4n) is 4.12. The molecule has 1 atom stereocenters. The van der Waals surface area contributed by atoms with Gasteiger partial charge in [-0.05, 0) is 31.9 Å². The van der Waals surface area contributed by atoms with Gasteiger partial charge in [0.25, 0.3) is 5.91 Å². The predicted molar refractivity (Wildman–Crippen MR) is 153 cm³/mol. The smallest absolute Gasteiger partial charge is 0.481 e. The van der Waals surface area contributed by atoms with E-state index in [1.54, 1.807) is 52.0 Å². The maximum atomic E-state index is 13.5. The summed E-state index contributed by atoms with van der Waals surface area (Å²) < 4.78 is 12.0. The highest BCUT2D eigenvalue weighted by Crippen LogP contribution is 2.22. The number of benzene rings is 1. The highest BCUT2D eigenvalue weighted by Gasteiger charge is 2.30. The van der Waals surface area contributed by atoms with Gasteiger partial charge in [0.2, 0.25) is 11.8 Å². The van der Waals surface area contributed by atoms with E-state index in [-0.39, 0.29) is 56.5 Å². The van der Waals surface area contributed by atoms with Crippen molar-refractivity contribution in [2.75, 3.05) is 39.4 Å². The summed E-state index contributed by atoms with van der Waals surface area (Å²) in [6.07, 6.45) is -0.873. The van der Waals surface area contributed by atoms with Crippen LogP contribution in [-0.2, 0) is 24.0 Å². The average molecular weight is 602 g/mol. The molecule has 14 heteroatoms. The molecule has 0 unspecified atom stereocenters. The van der Waals surface area contributed by atoms with Gasteiger partial charge in [-0.15, -0.1) is 5.06 Å². The van der Waals surface area contributed by atoms with Crippen molar-refractivity contribution in [2.24, 2.45) is 5.41 Å². The van der Waals surface area contributed by atoms with Crippen molar-refractivity contribution in [1.82, 2.24) is 25.1 Å². The van der Waals surface area contributed by atoms with E-state index in [0.717, 1.165) is 0 Å². The first kappa shape index (κ1) is 33.0. The number of aromatic nitrogens is 2. The van der Waals surface area contributed by atoms with Gasteiger partial charge in [0.15, 0.2) is 11.5 Å². The molecule has 43 heavy (non-hydrogen) atoms. The summed E-state index contributed by atoms with van der Waals surface area (Å²) in [5.41, 5.74) is -0.136. The summed E-state index contributed by atoms with van der Waals surface area (Å²) in [6.45, 7) is 7.96. The van der Waals surface area contributed by atoms with Gasteiger partial charge in [-0.2, -0.15) is 5.10 Å². The number of nitrogens with zero attached hydrogens (tertiary/aromatic N) is 4. The Hall–Kier alpha value is -4.46. The maximum Gasteiger partial charge on any atom is 0.527 e. The van der Waals surface area contributed by atoms with Crippen molar-refractivity contribution in [1.29, 1.82) is 0 Å². The van der Waals surface area contributed by atoms with E-state index in [0.29, 0.717) is 25.2 Å². The molecular formula is C29H39N5O9. The zero-order chi connectivity index (χ0) is 31.6. The number of hydroxylamine groups is 2. The average Bonchev–Trinajstić information content (AvgIpc) is 3.26. The number of carboxylic acid groups (broad SMARTS) is 1. The number of hydrogen-bond acceptors (Lipinski definition) is 10. The Morgan fingerprint density at radius 3 is 2.42 bits per heavy atom. The lowest BCUT2D eigenvalue weighted by Gasteiger charge is -2.26. The lowest BCUT2D eigenvalue weighted by molar-refractivity contribution is -0.138. The summed E-state index contributed by atoms with van der Waals surface area (Å²) in [5.74, 6) is -2.31. The van der Waals surface area contributed by atoms with Gasteiger partial charge in [0.1, 0.15) is 12.6 Å². The van der Waals surface area contributed by atoms with E-state index in [2.05, 4.69) is 10.4 Å². The third-order valence-electron chi connectivity index (χ3n) is 6.58. The number of carbonyl (C=O) groups is 5. The first-order valence-electron chi connectivity index (χ1n) is 14.1. The highest BCUT2D eigenvalue weighted by molar-refractivity contribution is 5.96. The molecule has 2 aromatic rings. The number of amides is 2. The Bertz CT molecular complexity index is 1290. The summed E-state index contributed by atoms with van der Waals surface area (Å²) in [7, 11) is 0. The molecule has 3 rings (SSSR count). The monoisotopic (exact) mass is 601 g/mol. The standard InChI is InChI=1S/C29H39N5O9/c1-5-41-28(40)43-33-15-9-14-32(16-17-33)27(39)21(12-13-25(36)37)30-26(38)22-18-24(42-19-23(35)29(2,3)4)34(31-22)20-10-7-6-8-11-20/h6-8,10-11,18,21H,5,9,12-17,19H2,1-4H3,(H,30,38)(H,36,37)/t21-/m0/s1. The zero-order valence-electron chi connectivity index (χ0n) is 24.9. The molecule has 234 valence electrons. The molecule has 0 bridgehead atoms. The normalized spacial score (nSPS) is 14.7. The topological polar surface area (TPSA) is 170 Å². The minimum absolute atomic E-state index is 0.0833. The first-order valence-corrected chi connectivity index (χ1v) is 14.1. The van der Waals surface area contributed by atoms with Gasteiger partial charge in [-0.25, -0.2) is 9.48 Å². The molecule has 1 fully saturated rings. The molecule has 0 aliphatic carbocycles. The molecule has 2 N–H and O–H groups in total. The van der Waals surface area contributed by atoms with E-state index in [4.69, 9.17) is 14.3 Å². The van der Waals surface area contributed by atoms with Crippen molar-refractivity contribution in [3.63, 3.8) is 0 Å². The van der Waals surface area contributed by atoms with E-state index >= 15 is 0 Å². The number of Topliss-reactive ketones (excluding diaryl/α,β-unsaturated/α-hetero) is 1. The van der Waals surface area contributed by atoms with Crippen LogP contribution in [0, 0.1) is 5.41 Å². The second kappa shape index (κ2) is 15.1. The van der Waals surface area contributed by atoms with E-state index in [1.165, 1.54) is 20.7 Å². The molecule has 0 spiro atoms. The van der Waals surface area contributed by atoms with Crippen molar-refractivity contribution >= 4 is 29.7 Å². The fourth-order valence-corrected chi connectivity index (χ4v) is 4.12. The lowest BCUT2D eigenvalue weighted by Crippen LogP contribution is -2.49. The maximum absolute atomic E-state index is 13.5. The minimum atomic E-state index is -1.16. The molecule has 1 aliphatic heterocycles. The van der Waals surface area contributed by atoms with Crippen LogP contribution in [0.5, 0.6) is 5.88 Å². The van der Waals surface area contributed by atoms with Crippen LogP contribution in [0.3, 0.4) is 0 Å². The number of ether oxygens (including phenoxy) is 2. The van der Waals surface area contributed by atoms with Crippen LogP contribution in [0.4, 0.5) is 4.79 Å². The Labute approximate surface area is 249 Å². The predicted octanol–water partition coefficient (Wildman–Crippen LogP) is 2.45. The van der Waals surface area contributed by atoms with Crippen LogP contribution in [0.25, 0.3) is 5.69 Å². The molecule has 1 aromatic heterocycles. The van der Waals surface area contributed by atoms with Crippen molar-refractivity contribution in [2.45, 2.75) is 53.0 Å². The quantitative estimate of drug-likeness (QED) is 0.343. The van der Waals surface area contributed by atoms with Crippen LogP contribution in [0.2, 0.25) is 0 Å². The number of para-hydroxylation sites is 1. The fraction of sp³-hybridized carbons (Fsp3) is 0.517. The van der Waals surface area contributed by atoms with Crippen molar-refractivity contribution in [3.05, 3.63) is 42.1 Å². The number of nitrogens with one attached hydrogen (secondary N) is 1. The number of carbonyl (C=O) groups excluding carboxylic acids is 4. The number of carboxylic acids is 1. The zero-order valence-corrected chi connectivity index (χ0v) is 24.9. The summed E-state index contributed by atoms with van der Waals surface area (Å²) in [5, 5.41) is 17.7. The van der Waals surface area contributed by atoms with Crippen LogP contribution < -0.4 is 10.1 Å². The van der Waals surface area contributed by atoms with Gasteiger partial charge >= 0.3 is 12.1 Å². The van der Waals surface area contributed by atoms with Crippen molar-refractivity contribution in [3.8, 4) is 11.6 Å². The molecule has 1 aliphatic rings. The van der Waals surface area contributed by atoms with Crippen LogP contribution in [0.15, 0.2) is 36.4 Å². The first-order chi connectivity index (χ1) is 20.4. The van der Waals surface area contributed by atoms with Gasteiger partial charge in [0.05, 0.1) is 18.8 Å². The van der Waals surface area contributed by atoms with Crippen LogP contribution in [-0.4, -0.2) is 100 Å². The van der Waals surface area contributed by atoms with Gasteiger partial charge in [0, 0.05) is 37.5 Å². The molecular weight excluding hydrogens is 562 g/mol. The summed E-state index contributed by atoms with van der Waals surface area (Å²) in [6, 6.07) is 9.08.